The van der Waals surface area contributed by atoms with Crippen LogP contribution in [-0.2, 0) is 9.47 Å². The first-order valence-electron chi connectivity index (χ1n) is 4.98. The van der Waals surface area contributed by atoms with Gasteiger partial charge in [-0.3, -0.25) is 0 Å². The molecule has 1 aliphatic rings. The van der Waals surface area contributed by atoms with Gasteiger partial charge in [0.1, 0.15) is 0 Å². The zero-order valence-electron chi connectivity index (χ0n) is 8.52. The lowest BCUT2D eigenvalue weighted by atomic mass is 10.1. The number of hydrogen-bond acceptors (Lipinski definition) is 4. The topological polar surface area (TPSA) is 59.0 Å². The van der Waals surface area contributed by atoms with Crippen molar-refractivity contribution in [3.63, 3.8) is 0 Å². The highest BCUT2D eigenvalue weighted by Gasteiger charge is 2.23. The molecule has 0 spiro atoms. The van der Waals surface area contributed by atoms with E-state index in [1.165, 1.54) is 0 Å². The van der Waals surface area contributed by atoms with Gasteiger partial charge in [-0.25, -0.2) is 4.79 Å². The SMILES string of the molecule is O=C(OCCl)N1CCC(OCCO)CC1. The second kappa shape index (κ2) is 6.87. The van der Waals surface area contributed by atoms with Crippen LogP contribution in [0.4, 0.5) is 4.79 Å². The molecule has 0 aromatic carbocycles. The zero-order chi connectivity index (χ0) is 11.1. The molecule has 1 rings (SSSR count). The number of rotatable bonds is 4. The highest BCUT2D eigenvalue weighted by molar-refractivity contribution is 6.17. The van der Waals surface area contributed by atoms with Gasteiger partial charge in [0.05, 0.1) is 19.3 Å². The van der Waals surface area contributed by atoms with Crippen LogP contribution in [0.5, 0.6) is 0 Å². The molecule has 0 saturated carbocycles. The summed E-state index contributed by atoms with van der Waals surface area (Å²) in [6, 6.07) is -0.111. The van der Waals surface area contributed by atoms with E-state index in [1.54, 1.807) is 4.90 Å². The van der Waals surface area contributed by atoms with Gasteiger partial charge in [-0.15, -0.1) is 0 Å². The van der Waals surface area contributed by atoms with Gasteiger partial charge in [0.2, 0.25) is 0 Å². The fraction of sp³-hybridized carbons (Fsp3) is 0.889. The smallest absolute Gasteiger partial charge is 0.410 e. The number of aliphatic hydroxyl groups is 1. The van der Waals surface area contributed by atoms with E-state index in [4.69, 9.17) is 21.4 Å². The molecule has 88 valence electrons. The number of alkyl halides is 1. The highest BCUT2D eigenvalue weighted by Crippen LogP contribution is 2.14. The number of likely N-dealkylation sites (tertiary alicyclic amines) is 1. The summed E-state index contributed by atoms with van der Waals surface area (Å²) in [6.45, 7) is 1.63. The lowest BCUT2D eigenvalue weighted by Gasteiger charge is -2.30. The average Bonchev–Trinajstić information content (AvgIpc) is 2.27. The van der Waals surface area contributed by atoms with Gasteiger partial charge in [-0.2, -0.15) is 0 Å². The van der Waals surface area contributed by atoms with E-state index in [-0.39, 0.29) is 24.9 Å². The van der Waals surface area contributed by atoms with E-state index >= 15 is 0 Å². The molecular weight excluding hydrogens is 222 g/mol. The molecule has 0 aliphatic carbocycles. The number of amides is 1. The van der Waals surface area contributed by atoms with E-state index in [0.717, 1.165) is 12.8 Å². The van der Waals surface area contributed by atoms with Gasteiger partial charge < -0.3 is 19.5 Å². The van der Waals surface area contributed by atoms with Gasteiger partial charge >= 0.3 is 6.09 Å². The highest BCUT2D eigenvalue weighted by atomic mass is 35.5. The van der Waals surface area contributed by atoms with Crippen molar-refractivity contribution in [1.29, 1.82) is 0 Å². The minimum Gasteiger partial charge on any atom is -0.433 e. The molecule has 0 aromatic heterocycles. The van der Waals surface area contributed by atoms with Crippen LogP contribution in [0.3, 0.4) is 0 Å². The summed E-state index contributed by atoms with van der Waals surface area (Å²) < 4.78 is 10.0. The van der Waals surface area contributed by atoms with Crippen LogP contribution in [-0.4, -0.2) is 54.6 Å². The van der Waals surface area contributed by atoms with E-state index in [1.807, 2.05) is 0 Å². The Morgan fingerprint density at radius 3 is 2.67 bits per heavy atom. The predicted octanol–water partition coefficient (Wildman–Crippen LogP) is 0.793. The quantitative estimate of drug-likeness (QED) is 0.735. The normalized spacial score (nSPS) is 17.9. The summed E-state index contributed by atoms with van der Waals surface area (Å²) in [7, 11) is 0. The fourth-order valence-corrected chi connectivity index (χ4v) is 1.66. The summed E-state index contributed by atoms with van der Waals surface area (Å²) in [5.74, 6) is 0. The molecule has 0 bridgehead atoms. The molecule has 0 atom stereocenters. The second-order valence-electron chi connectivity index (χ2n) is 3.30. The van der Waals surface area contributed by atoms with E-state index in [2.05, 4.69) is 4.74 Å². The molecule has 1 fully saturated rings. The van der Waals surface area contributed by atoms with Crippen molar-refractivity contribution in [2.45, 2.75) is 18.9 Å². The number of carbonyl (C=O) groups excluding carboxylic acids is 1. The second-order valence-corrected chi connectivity index (χ2v) is 3.52. The largest absolute Gasteiger partial charge is 0.433 e. The molecule has 0 unspecified atom stereocenters. The number of halogens is 1. The van der Waals surface area contributed by atoms with Crippen molar-refractivity contribution < 1.29 is 19.4 Å². The Morgan fingerprint density at radius 2 is 2.13 bits per heavy atom. The maximum atomic E-state index is 11.3. The van der Waals surface area contributed by atoms with Crippen molar-refractivity contribution in [3.05, 3.63) is 0 Å². The maximum Gasteiger partial charge on any atom is 0.410 e. The third-order valence-corrected chi connectivity index (χ3v) is 2.43. The van der Waals surface area contributed by atoms with Crippen LogP contribution in [0, 0.1) is 0 Å². The minimum absolute atomic E-state index is 0.0362. The van der Waals surface area contributed by atoms with Gasteiger partial charge in [-0.1, -0.05) is 11.6 Å². The minimum atomic E-state index is -0.370. The van der Waals surface area contributed by atoms with Gasteiger partial charge in [0.25, 0.3) is 0 Å². The van der Waals surface area contributed by atoms with Crippen LogP contribution in [0.2, 0.25) is 0 Å². The molecule has 0 radical (unpaired) electrons. The number of nitrogens with zero attached hydrogens (tertiary/aromatic N) is 1. The van der Waals surface area contributed by atoms with Crippen molar-refractivity contribution in [3.8, 4) is 0 Å². The summed E-state index contributed by atoms with van der Waals surface area (Å²) in [4.78, 5) is 12.9. The number of ether oxygens (including phenoxy) is 2. The van der Waals surface area contributed by atoms with Crippen LogP contribution >= 0.6 is 11.6 Å². The molecule has 6 heteroatoms. The molecular formula is C9H16ClNO4. The molecule has 1 aliphatic heterocycles. The first kappa shape index (κ1) is 12.5. The molecule has 5 nitrogen and oxygen atoms in total. The standard InChI is InChI=1S/C9H16ClNO4/c10-7-15-9(13)11-3-1-8(2-4-11)14-6-5-12/h8,12H,1-7H2. The van der Waals surface area contributed by atoms with Gasteiger partial charge in [-0.05, 0) is 12.8 Å². The van der Waals surface area contributed by atoms with Gasteiger partial charge in [0, 0.05) is 13.1 Å². The Morgan fingerprint density at radius 1 is 1.47 bits per heavy atom. The molecule has 1 heterocycles. The van der Waals surface area contributed by atoms with Crippen molar-refractivity contribution in [2.75, 3.05) is 32.4 Å². The monoisotopic (exact) mass is 237 g/mol. The zero-order valence-corrected chi connectivity index (χ0v) is 9.28. The average molecular weight is 238 g/mol. The third-order valence-electron chi connectivity index (χ3n) is 2.32. The first-order valence-corrected chi connectivity index (χ1v) is 5.51. The van der Waals surface area contributed by atoms with E-state index in [9.17, 15) is 4.79 Å². The van der Waals surface area contributed by atoms with E-state index < -0.39 is 0 Å². The van der Waals surface area contributed by atoms with Crippen LogP contribution in [0.25, 0.3) is 0 Å². The molecule has 0 aromatic rings. The summed E-state index contributed by atoms with van der Waals surface area (Å²) in [5.41, 5.74) is 0. The number of hydrogen-bond donors (Lipinski definition) is 1. The van der Waals surface area contributed by atoms with Crippen LogP contribution in [0.1, 0.15) is 12.8 Å². The maximum absolute atomic E-state index is 11.3. The molecule has 1 N–H and O–H groups in total. The predicted molar refractivity (Wildman–Crippen MR) is 54.8 cm³/mol. The first-order chi connectivity index (χ1) is 7.27. The Kier molecular flexibility index (Phi) is 5.75. The van der Waals surface area contributed by atoms with Crippen LogP contribution in [0.15, 0.2) is 0 Å². The van der Waals surface area contributed by atoms with Crippen LogP contribution < -0.4 is 0 Å². The third kappa shape index (κ3) is 4.24. The molecule has 15 heavy (non-hydrogen) atoms. The summed E-state index contributed by atoms with van der Waals surface area (Å²) >= 11 is 5.29. The van der Waals surface area contributed by atoms with E-state index in [0.29, 0.717) is 19.7 Å². The molecule has 1 saturated heterocycles. The number of carbonyl (C=O) groups is 1. The Labute approximate surface area is 93.9 Å². The van der Waals surface area contributed by atoms with Gasteiger partial charge in [0.15, 0.2) is 6.07 Å². The Bertz CT molecular complexity index is 195. The fourth-order valence-electron chi connectivity index (χ4n) is 1.56. The summed E-state index contributed by atoms with van der Waals surface area (Å²) in [6.07, 6.45) is 1.32. The summed E-state index contributed by atoms with van der Waals surface area (Å²) in [5, 5.41) is 8.58. The van der Waals surface area contributed by atoms with Crippen molar-refractivity contribution in [1.82, 2.24) is 4.90 Å². The number of piperidine rings is 1. The Hall–Kier alpha value is -0.520. The lowest BCUT2D eigenvalue weighted by Crippen LogP contribution is -2.41. The lowest BCUT2D eigenvalue weighted by molar-refractivity contribution is -0.00695. The van der Waals surface area contributed by atoms with Crippen molar-refractivity contribution >= 4 is 17.7 Å². The number of aliphatic hydroxyl groups excluding tert-OH is 1. The Balaban J connectivity index is 2.20. The van der Waals surface area contributed by atoms with Crippen molar-refractivity contribution in [2.24, 2.45) is 0 Å². The molecule has 1 amide bonds.